The Hall–Kier alpha value is -0.120. The highest BCUT2D eigenvalue weighted by atomic mass is 16.5. The third kappa shape index (κ3) is 7.28. The van der Waals surface area contributed by atoms with Gasteiger partial charge in [0.2, 0.25) is 0 Å². The lowest BCUT2D eigenvalue weighted by Gasteiger charge is -2.33. The average Bonchev–Trinajstić information content (AvgIpc) is 2.36. The van der Waals surface area contributed by atoms with Crippen molar-refractivity contribution in [3.63, 3.8) is 0 Å². The van der Waals surface area contributed by atoms with Crippen LogP contribution in [0.1, 0.15) is 47.0 Å². The molecule has 0 amide bonds. The van der Waals surface area contributed by atoms with Crippen molar-refractivity contribution in [2.45, 2.75) is 59.1 Å². The first-order chi connectivity index (χ1) is 8.99. The molecule has 0 saturated carbocycles. The molecule has 0 N–H and O–H groups in total. The summed E-state index contributed by atoms with van der Waals surface area (Å²) in [4.78, 5) is 4.95. The molecule has 0 aromatic rings. The summed E-state index contributed by atoms with van der Waals surface area (Å²) in [7, 11) is 2.19. The summed E-state index contributed by atoms with van der Waals surface area (Å²) in [6, 6.07) is 0.568. The standard InChI is InChI=1S/C16H34N2O/c1-14(2)11-17(5)12-16(4)19-13-15(3)18-9-7-6-8-10-18/h14-16H,6-13H2,1-5H3. The van der Waals surface area contributed by atoms with Crippen LogP contribution in [0.2, 0.25) is 0 Å². The zero-order valence-corrected chi connectivity index (χ0v) is 13.7. The molecule has 2 atom stereocenters. The van der Waals surface area contributed by atoms with Crippen LogP contribution in [0.4, 0.5) is 0 Å². The van der Waals surface area contributed by atoms with Crippen molar-refractivity contribution in [1.29, 1.82) is 0 Å². The zero-order valence-electron chi connectivity index (χ0n) is 13.7. The van der Waals surface area contributed by atoms with E-state index in [-0.39, 0.29) is 0 Å². The van der Waals surface area contributed by atoms with Gasteiger partial charge in [-0.3, -0.25) is 4.90 Å². The van der Waals surface area contributed by atoms with Gasteiger partial charge in [-0.25, -0.2) is 0 Å². The molecule has 114 valence electrons. The predicted octanol–water partition coefficient (Wildman–Crippen LogP) is 2.85. The van der Waals surface area contributed by atoms with Crippen LogP contribution in [0.25, 0.3) is 0 Å². The highest BCUT2D eigenvalue weighted by Crippen LogP contribution is 2.12. The molecule has 0 radical (unpaired) electrons. The number of likely N-dealkylation sites (N-methyl/N-ethyl adjacent to an activating group) is 1. The summed E-state index contributed by atoms with van der Waals surface area (Å²) in [6.07, 6.45) is 4.45. The van der Waals surface area contributed by atoms with Crippen molar-refractivity contribution in [1.82, 2.24) is 9.80 Å². The van der Waals surface area contributed by atoms with Gasteiger partial charge >= 0.3 is 0 Å². The fourth-order valence-electron chi connectivity index (χ4n) is 2.96. The van der Waals surface area contributed by atoms with E-state index in [4.69, 9.17) is 4.74 Å². The molecule has 1 saturated heterocycles. The molecular formula is C16H34N2O. The average molecular weight is 270 g/mol. The van der Waals surface area contributed by atoms with Crippen molar-refractivity contribution in [2.24, 2.45) is 5.92 Å². The van der Waals surface area contributed by atoms with Gasteiger partial charge in [0.15, 0.2) is 0 Å². The number of likely N-dealkylation sites (tertiary alicyclic amines) is 1. The minimum absolute atomic E-state index is 0.330. The fraction of sp³-hybridized carbons (Fsp3) is 1.00. The van der Waals surface area contributed by atoms with Crippen molar-refractivity contribution >= 4 is 0 Å². The summed E-state index contributed by atoms with van der Waals surface area (Å²) in [5.41, 5.74) is 0. The van der Waals surface area contributed by atoms with Crippen molar-refractivity contribution in [2.75, 3.05) is 39.8 Å². The smallest absolute Gasteiger partial charge is 0.0674 e. The molecule has 19 heavy (non-hydrogen) atoms. The van der Waals surface area contributed by atoms with E-state index in [1.807, 2.05) is 0 Å². The summed E-state index contributed by atoms with van der Waals surface area (Å²) in [6.45, 7) is 14.6. The Labute approximate surface area is 120 Å². The van der Waals surface area contributed by atoms with Crippen molar-refractivity contribution in [3.8, 4) is 0 Å². The third-order valence-electron chi connectivity index (χ3n) is 3.88. The number of piperidine rings is 1. The monoisotopic (exact) mass is 270 g/mol. The van der Waals surface area contributed by atoms with Crippen LogP contribution >= 0.6 is 0 Å². The first-order valence-corrected chi connectivity index (χ1v) is 8.03. The second-order valence-corrected chi connectivity index (χ2v) is 6.70. The maximum Gasteiger partial charge on any atom is 0.0674 e. The molecule has 0 aliphatic carbocycles. The Kier molecular flexibility index (Phi) is 7.96. The molecule has 0 aromatic carbocycles. The van der Waals surface area contributed by atoms with E-state index in [0.717, 1.165) is 25.6 Å². The van der Waals surface area contributed by atoms with Crippen molar-refractivity contribution < 1.29 is 4.74 Å². The summed E-state index contributed by atoms with van der Waals surface area (Å²) < 4.78 is 6.03. The lowest BCUT2D eigenvalue weighted by atomic mass is 10.1. The molecule has 1 fully saturated rings. The number of rotatable bonds is 8. The van der Waals surface area contributed by atoms with E-state index in [1.165, 1.54) is 32.4 Å². The largest absolute Gasteiger partial charge is 0.376 e. The second kappa shape index (κ2) is 8.93. The summed E-state index contributed by atoms with van der Waals surface area (Å²) >= 11 is 0. The third-order valence-corrected chi connectivity index (χ3v) is 3.88. The van der Waals surface area contributed by atoms with Crippen LogP contribution in [0, 0.1) is 5.92 Å². The number of ether oxygens (including phenoxy) is 1. The van der Waals surface area contributed by atoms with Gasteiger partial charge in [-0.05, 0) is 52.7 Å². The van der Waals surface area contributed by atoms with Crippen LogP contribution < -0.4 is 0 Å². The van der Waals surface area contributed by atoms with Crippen LogP contribution in [0.15, 0.2) is 0 Å². The molecule has 1 aliphatic heterocycles. The lowest BCUT2D eigenvalue weighted by molar-refractivity contribution is 0.00275. The van der Waals surface area contributed by atoms with Crippen molar-refractivity contribution in [3.05, 3.63) is 0 Å². The molecule has 1 heterocycles. The fourth-order valence-corrected chi connectivity index (χ4v) is 2.96. The van der Waals surface area contributed by atoms with Gasteiger partial charge in [-0.15, -0.1) is 0 Å². The van der Waals surface area contributed by atoms with Crippen LogP contribution in [-0.4, -0.2) is 61.8 Å². The summed E-state index contributed by atoms with van der Waals surface area (Å²) in [5.74, 6) is 0.726. The SMILES string of the molecule is CC(C)CN(C)CC(C)OCC(C)N1CCCCC1. The van der Waals surface area contributed by atoms with Gasteiger partial charge in [0, 0.05) is 19.1 Å². The topological polar surface area (TPSA) is 15.7 Å². The molecule has 0 spiro atoms. The minimum atomic E-state index is 0.330. The van der Waals surface area contributed by atoms with Gasteiger partial charge in [-0.2, -0.15) is 0 Å². The maximum atomic E-state index is 6.03. The number of nitrogens with zero attached hydrogens (tertiary/aromatic N) is 2. The molecule has 1 aliphatic rings. The molecule has 0 bridgehead atoms. The Morgan fingerprint density at radius 2 is 1.63 bits per heavy atom. The second-order valence-electron chi connectivity index (χ2n) is 6.70. The quantitative estimate of drug-likeness (QED) is 0.674. The Balaban J connectivity index is 2.16. The Morgan fingerprint density at radius 3 is 2.21 bits per heavy atom. The van der Waals surface area contributed by atoms with Gasteiger partial charge in [0.1, 0.15) is 0 Å². The molecule has 0 aromatic heterocycles. The maximum absolute atomic E-state index is 6.03. The molecule has 1 rings (SSSR count). The van der Waals surface area contributed by atoms with E-state index in [1.54, 1.807) is 0 Å². The molecular weight excluding hydrogens is 236 g/mol. The first kappa shape index (κ1) is 16.9. The van der Waals surface area contributed by atoms with E-state index in [2.05, 4.69) is 44.5 Å². The van der Waals surface area contributed by atoms with Crippen LogP contribution in [0.3, 0.4) is 0 Å². The van der Waals surface area contributed by atoms with Gasteiger partial charge in [-0.1, -0.05) is 20.3 Å². The minimum Gasteiger partial charge on any atom is -0.376 e. The molecule has 3 nitrogen and oxygen atoms in total. The normalized spacial score (nSPS) is 21.0. The lowest BCUT2D eigenvalue weighted by Crippen LogP contribution is -2.41. The van der Waals surface area contributed by atoms with Gasteiger partial charge in [0.25, 0.3) is 0 Å². The molecule has 3 heteroatoms. The zero-order chi connectivity index (χ0) is 14.3. The van der Waals surface area contributed by atoms with E-state index in [0.29, 0.717) is 12.1 Å². The first-order valence-electron chi connectivity index (χ1n) is 8.03. The predicted molar refractivity (Wildman–Crippen MR) is 82.6 cm³/mol. The van der Waals surface area contributed by atoms with Crippen LogP contribution in [-0.2, 0) is 4.74 Å². The molecule has 2 unspecified atom stereocenters. The summed E-state index contributed by atoms with van der Waals surface area (Å²) in [5, 5.41) is 0. The van der Waals surface area contributed by atoms with E-state index < -0.39 is 0 Å². The number of hydrogen-bond acceptors (Lipinski definition) is 3. The highest BCUT2D eigenvalue weighted by Gasteiger charge is 2.18. The highest BCUT2D eigenvalue weighted by molar-refractivity contribution is 4.71. The van der Waals surface area contributed by atoms with Gasteiger partial charge < -0.3 is 9.64 Å². The van der Waals surface area contributed by atoms with E-state index in [9.17, 15) is 0 Å². The number of hydrogen-bond donors (Lipinski definition) is 0. The van der Waals surface area contributed by atoms with Gasteiger partial charge in [0.05, 0.1) is 12.7 Å². The van der Waals surface area contributed by atoms with Crippen LogP contribution in [0.5, 0.6) is 0 Å². The van der Waals surface area contributed by atoms with E-state index >= 15 is 0 Å². The Bertz CT molecular complexity index is 227. The Morgan fingerprint density at radius 1 is 1.00 bits per heavy atom.